The number of benzene rings is 2. The van der Waals surface area contributed by atoms with E-state index in [9.17, 15) is 13.6 Å². The number of amides is 1. The summed E-state index contributed by atoms with van der Waals surface area (Å²) >= 11 is 0. The number of alkyl halides is 2. The van der Waals surface area contributed by atoms with Crippen molar-refractivity contribution in [3.05, 3.63) is 54.1 Å². The molecule has 24 heavy (non-hydrogen) atoms. The highest BCUT2D eigenvalue weighted by molar-refractivity contribution is 6.06. The third-order valence-electron chi connectivity index (χ3n) is 3.94. The lowest BCUT2D eigenvalue weighted by Gasteiger charge is -2.21. The molecule has 0 aromatic heterocycles. The van der Waals surface area contributed by atoms with Gasteiger partial charge in [0.2, 0.25) is 0 Å². The molecule has 0 aliphatic carbocycles. The highest BCUT2D eigenvalue weighted by atomic mass is 19.3. The van der Waals surface area contributed by atoms with Gasteiger partial charge in [-0.25, -0.2) is 0 Å². The fourth-order valence-electron chi connectivity index (χ4n) is 2.80. The van der Waals surface area contributed by atoms with Crippen molar-refractivity contribution < 1.29 is 18.3 Å². The second kappa shape index (κ2) is 7.29. The molecule has 1 amide bonds. The second-order valence-electron chi connectivity index (χ2n) is 5.57. The Kier molecular flexibility index (Phi) is 4.93. The van der Waals surface area contributed by atoms with Gasteiger partial charge in [0.1, 0.15) is 5.75 Å². The Labute approximate surface area is 139 Å². The van der Waals surface area contributed by atoms with E-state index in [2.05, 4.69) is 15.0 Å². The second-order valence-corrected chi connectivity index (χ2v) is 5.57. The molecular weight excluding hydrogens is 314 g/mol. The van der Waals surface area contributed by atoms with E-state index in [0.717, 1.165) is 37.3 Å². The van der Waals surface area contributed by atoms with Crippen LogP contribution in [0.2, 0.25) is 0 Å². The summed E-state index contributed by atoms with van der Waals surface area (Å²) in [6, 6.07) is 13.3. The molecule has 1 heterocycles. The summed E-state index contributed by atoms with van der Waals surface area (Å²) in [5.74, 6) is -0.260. The quantitative estimate of drug-likeness (QED) is 0.895. The van der Waals surface area contributed by atoms with E-state index >= 15 is 0 Å². The summed E-state index contributed by atoms with van der Waals surface area (Å²) in [5, 5.41) is 2.89. The number of nitrogens with one attached hydrogen (secondary N) is 1. The Morgan fingerprint density at radius 3 is 2.38 bits per heavy atom. The van der Waals surface area contributed by atoms with Crippen LogP contribution in [0.15, 0.2) is 48.5 Å². The summed E-state index contributed by atoms with van der Waals surface area (Å²) < 4.78 is 28.6. The van der Waals surface area contributed by atoms with Gasteiger partial charge in [-0.1, -0.05) is 12.1 Å². The molecule has 4 nitrogen and oxygen atoms in total. The van der Waals surface area contributed by atoms with Crippen molar-refractivity contribution in [2.24, 2.45) is 0 Å². The van der Waals surface area contributed by atoms with Crippen LogP contribution in [-0.4, -0.2) is 25.6 Å². The molecule has 0 radical (unpaired) electrons. The number of carbonyl (C=O) groups is 1. The maximum absolute atomic E-state index is 12.4. The summed E-state index contributed by atoms with van der Waals surface area (Å²) in [6.45, 7) is -0.920. The summed E-state index contributed by atoms with van der Waals surface area (Å²) in [6.07, 6.45) is 2.29. The predicted octanol–water partition coefficient (Wildman–Crippen LogP) is 4.14. The first-order chi connectivity index (χ1) is 11.6. The van der Waals surface area contributed by atoms with Crippen LogP contribution in [0, 0.1) is 0 Å². The van der Waals surface area contributed by atoms with Gasteiger partial charge in [0, 0.05) is 18.7 Å². The number of anilines is 2. The zero-order chi connectivity index (χ0) is 16.9. The van der Waals surface area contributed by atoms with E-state index in [-0.39, 0.29) is 11.7 Å². The number of ether oxygens (including phenoxy) is 1. The first-order valence-corrected chi connectivity index (χ1v) is 7.84. The summed E-state index contributed by atoms with van der Waals surface area (Å²) in [5.41, 5.74) is 2.13. The van der Waals surface area contributed by atoms with Crippen LogP contribution < -0.4 is 15.0 Å². The molecule has 2 aromatic carbocycles. The normalized spacial score (nSPS) is 14.0. The van der Waals surface area contributed by atoms with Crippen LogP contribution >= 0.6 is 0 Å². The summed E-state index contributed by atoms with van der Waals surface area (Å²) in [7, 11) is 0. The Hall–Kier alpha value is -2.63. The van der Waals surface area contributed by atoms with Gasteiger partial charge in [-0.2, -0.15) is 8.78 Å². The maximum Gasteiger partial charge on any atom is 0.387 e. The fraction of sp³-hybridized carbons (Fsp3) is 0.278. The lowest BCUT2D eigenvalue weighted by molar-refractivity contribution is -0.0498. The highest BCUT2D eigenvalue weighted by Gasteiger charge is 2.17. The molecule has 126 valence electrons. The summed E-state index contributed by atoms with van der Waals surface area (Å²) in [4.78, 5) is 14.6. The Morgan fingerprint density at radius 1 is 1.04 bits per heavy atom. The lowest BCUT2D eigenvalue weighted by Crippen LogP contribution is -2.21. The molecule has 0 saturated carbocycles. The van der Waals surface area contributed by atoms with Crippen LogP contribution in [0.5, 0.6) is 5.75 Å². The van der Waals surface area contributed by atoms with E-state index in [0.29, 0.717) is 5.56 Å². The number of para-hydroxylation sites is 2. The average Bonchev–Trinajstić information content (AvgIpc) is 3.10. The number of halogens is 2. The molecule has 1 aliphatic rings. The van der Waals surface area contributed by atoms with Crippen molar-refractivity contribution in [1.29, 1.82) is 0 Å². The molecule has 0 spiro atoms. The van der Waals surface area contributed by atoms with Crippen molar-refractivity contribution in [2.75, 3.05) is 23.3 Å². The monoisotopic (exact) mass is 332 g/mol. The number of nitrogens with zero attached hydrogens (tertiary/aromatic N) is 1. The molecule has 3 rings (SSSR count). The van der Waals surface area contributed by atoms with Crippen LogP contribution in [0.25, 0.3) is 0 Å². The zero-order valence-electron chi connectivity index (χ0n) is 13.0. The van der Waals surface area contributed by atoms with Crippen molar-refractivity contribution >= 4 is 17.3 Å². The molecule has 0 bridgehead atoms. The minimum atomic E-state index is -2.88. The van der Waals surface area contributed by atoms with Gasteiger partial charge < -0.3 is 15.0 Å². The third-order valence-corrected chi connectivity index (χ3v) is 3.94. The van der Waals surface area contributed by atoms with E-state index in [4.69, 9.17) is 0 Å². The molecule has 6 heteroatoms. The Morgan fingerprint density at radius 2 is 1.71 bits per heavy atom. The fourth-order valence-corrected chi connectivity index (χ4v) is 2.80. The molecule has 2 aromatic rings. The van der Waals surface area contributed by atoms with Gasteiger partial charge in [0.15, 0.2) is 0 Å². The van der Waals surface area contributed by atoms with Crippen molar-refractivity contribution in [3.63, 3.8) is 0 Å². The topological polar surface area (TPSA) is 41.6 Å². The maximum atomic E-state index is 12.4. The van der Waals surface area contributed by atoms with Gasteiger partial charge in [-0.15, -0.1) is 0 Å². The van der Waals surface area contributed by atoms with E-state index in [1.807, 2.05) is 24.3 Å². The molecule has 1 fully saturated rings. The molecule has 1 N–H and O–H groups in total. The largest absolute Gasteiger partial charge is 0.435 e. The van der Waals surface area contributed by atoms with Crippen LogP contribution in [0.1, 0.15) is 23.2 Å². The molecule has 0 unspecified atom stereocenters. The minimum absolute atomic E-state index is 0.0269. The average molecular weight is 332 g/mol. The van der Waals surface area contributed by atoms with E-state index in [1.165, 1.54) is 24.3 Å². The van der Waals surface area contributed by atoms with E-state index in [1.54, 1.807) is 0 Å². The van der Waals surface area contributed by atoms with Crippen molar-refractivity contribution in [1.82, 2.24) is 0 Å². The zero-order valence-corrected chi connectivity index (χ0v) is 13.0. The van der Waals surface area contributed by atoms with Gasteiger partial charge in [-0.3, -0.25) is 4.79 Å². The van der Waals surface area contributed by atoms with Crippen LogP contribution in [0.4, 0.5) is 20.2 Å². The smallest absolute Gasteiger partial charge is 0.387 e. The van der Waals surface area contributed by atoms with Crippen LogP contribution in [0.3, 0.4) is 0 Å². The lowest BCUT2D eigenvalue weighted by atomic mass is 10.2. The predicted molar refractivity (Wildman–Crippen MR) is 88.9 cm³/mol. The molecule has 1 saturated heterocycles. The SMILES string of the molecule is O=C(Nc1ccccc1N1CCCC1)c1ccc(OC(F)F)cc1. The number of hydrogen-bond donors (Lipinski definition) is 1. The van der Waals surface area contributed by atoms with Gasteiger partial charge in [0.25, 0.3) is 5.91 Å². The highest BCUT2D eigenvalue weighted by Crippen LogP contribution is 2.29. The number of carbonyl (C=O) groups excluding carboxylic acids is 1. The standard InChI is InChI=1S/C18H18F2N2O2/c19-18(20)24-14-9-7-13(8-10-14)17(23)21-15-5-1-2-6-16(15)22-11-3-4-12-22/h1-2,5-10,18H,3-4,11-12H2,(H,21,23). The van der Waals surface area contributed by atoms with Gasteiger partial charge >= 0.3 is 6.61 Å². The van der Waals surface area contributed by atoms with Gasteiger partial charge in [0.05, 0.1) is 11.4 Å². The van der Waals surface area contributed by atoms with Crippen molar-refractivity contribution in [3.8, 4) is 5.75 Å². The third kappa shape index (κ3) is 3.82. The molecular formula is C18H18F2N2O2. The van der Waals surface area contributed by atoms with Crippen LogP contribution in [-0.2, 0) is 0 Å². The Balaban J connectivity index is 1.73. The molecule has 0 atom stereocenters. The Bertz CT molecular complexity index is 698. The first kappa shape index (κ1) is 16.2. The first-order valence-electron chi connectivity index (χ1n) is 7.84. The van der Waals surface area contributed by atoms with Crippen molar-refractivity contribution in [2.45, 2.75) is 19.5 Å². The van der Waals surface area contributed by atoms with E-state index < -0.39 is 6.61 Å². The minimum Gasteiger partial charge on any atom is -0.435 e. The van der Waals surface area contributed by atoms with Gasteiger partial charge in [-0.05, 0) is 49.2 Å². The number of rotatable bonds is 5. The number of hydrogen-bond acceptors (Lipinski definition) is 3. The molecule has 1 aliphatic heterocycles.